The summed E-state index contributed by atoms with van der Waals surface area (Å²) in [6, 6.07) is 0. The van der Waals surface area contributed by atoms with Crippen molar-refractivity contribution in [3.63, 3.8) is 0 Å². The van der Waals surface area contributed by atoms with E-state index in [1.54, 1.807) is 17.1 Å². The van der Waals surface area contributed by atoms with Crippen LogP contribution in [0.2, 0.25) is 0 Å². The maximum Gasteiger partial charge on any atom is 0.226 e. The normalized spacial score (nSPS) is 10.9. The number of anilines is 2. The van der Waals surface area contributed by atoms with E-state index in [1.165, 1.54) is 11.3 Å². The minimum atomic E-state index is -0.254. The van der Waals surface area contributed by atoms with Crippen LogP contribution in [0.15, 0.2) is 12.4 Å². The smallest absolute Gasteiger partial charge is 0.226 e. The Bertz CT molecular complexity index is 710. The minimum absolute atomic E-state index is 0.0850. The lowest BCUT2D eigenvalue weighted by Crippen LogP contribution is -2.18. The van der Waals surface area contributed by atoms with Crippen LogP contribution in [0.4, 0.5) is 10.8 Å². The summed E-state index contributed by atoms with van der Waals surface area (Å²) in [5.41, 5.74) is 0.626. The van der Waals surface area contributed by atoms with Crippen LogP contribution in [0, 0.1) is 0 Å². The summed E-state index contributed by atoms with van der Waals surface area (Å²) >= 11 is 1.34. The SMILES string of the molecule is CCc1nnc(NC(=O)CCC(=O)Nc2cnn(CCN(C)C)c2)s1. The molecule has 2 heterocycles. The molecule has 25 heavy (non-hydrogen) atoms. The number of hydrogen-bond donors (Lipinski definition) is 2. The molecule has 0 fully saturated rings. The van der Waals surface area contributed by atoms with Crippen LogP contribution in [0.3, 0.4) is 0 Å². The van der Waals surface area contributed by atoms with Gasteiger partial charge in [0.05, 0.1) is 18.4 Å². The van der Waals surface area contributed by atoms with Crippen LogP contribution in [0.25, 0.3) is 0 Å². The van der Waals surface area contributed by atoms with Gasteiger partial charge in [0.25, 0.3) is 0 Å². The fourth-order valence-electron chi connectivity index (χ4n) is 1.93. The summed E-state index contributed by atoms with van der Waals surface area (Å²) in [5.74, 6) is -0.482. The highest BCUT2D eigenvalue weighted by Gasteiger charge is 2.11. The first-order valence-electron chi connectivity index (χ1n) is 8.05. The molecule has 136 valence electrons. The van der Waals surface area contributed by atoms with Crippen molar-refractivity contribution in [2.45, 2.75) is 32.7 Å². The lowest BCUT2D eigenvalue weighted by Gasteiger charge is -2.08. The monoisotopic (exact) mass is 365 g/mol. The molecule has 0 aliphatic carbocycles. The Kier molecular flexibility index (Phi) is 7.02. The highest BCUT2D eigenvalue weighted by molar-refractivity contribution is 7.15. The zero-order valence-corrected chi connectivity index (χ0v) is 15.5. The number of carbonyl (C=O) groups is 2. The van der Waals surface area contributed by atoms with Gasteiger partial charge < -0.3 is 15.5 Å². The highest BCUT2D eigenvalue weighted by atomic mass is 32.1. The van der Waals surface area contributed by atoms with Crippen molar-refractivity contribution in [1.82, 2.24) is 24.9 Å². The molecule has 0 spiro atoms. The molecule has 0 saturated carbocycles. The Hall–Kier alpha value is -2.33. The number of nitrogens with one attached hydrogen (secondary N) is 2. The van der Waals surface area contributed by atoms with E-state index in [2.05, 4.69) is 30.8 Å². The molecule has 0 radical (unpaired) electrons. The van der Waals surface area contributed by atoms with E-state index in [1.807, 2.05) is 21.0 Å². The summed E-state index contributed by atoms with van der Waals surface area (Å²) in [5, 5.41) is 18.7. The van der Waals surface area contributed by atoms with Gasteiger partial charge in [-0.05, 0) is 20.5 Å². The van der Waals surface area contributed by atoms with Gasteiger partial charge >= 0.3 is 0 Å². The molecule has 0 atom stereocenters. The van der Waals surface area contributed by atoms with Crippen molar-refractivity contribution in [2.24, 2.45) is 0 Å². The number of likely N-dealkylation sites (N-methyl/N-ethyl adjacent to an activating group) is 1. The predicted molar refractivity (Wildman–Crippen MR) is 96.6 cm³/mol. The Morgan fingerprint density at radius 1 is 1.20 bits per heavy atom. The molecule has 0 aliphatic rings. The Balaban J connectivity index is 1.72. The van der Waals surface area contributed by atoms with Crippen LogP contribution in [0.5, 0.6) is 0 Å². The topological polar surface area (TPSA) is 105 Å². The van der Waals surface area contributed by atoms with Crippen LogP contribution >= 0.6 is 11.3 Å². The van der Waals surface area contributed by atoms with E-state index < -0.39 is 0 Å². The van der Waals surface area contributed by atoms with Gasteiger partial charge in [0.15, 0.2) is 0 Å². The van der Waals surface area contributed by atoms with Crippen LogP contribution in [-0.4, -0.2) is 57.3 Å². The first-order chi connectivity index (χ1) is 12.0. The van der Waals surface area contributed by atoms with Crippen LogP contribution in [0.1, 0.15) is 24.8 Å². The van der Waals surface area contributed by atoms with E-state index in [9.17, 15) is 9.59 Å². The van der Waals surface area contributed by atoms with E-state index >= 15 is 0 Å². The first-order valence-corrected chi connectivity index (χ1v) is 8.87. The largest absolute Gasteiger partial charge is 0.323 e. The van der Waals surface area contributed by atoms with Gasteiger partial charge in [-0.15, -0.1) is 10.2 Å². The number of carbonyl (C=O) groups excluding carboxylic acids is 2. The number of nitrogens with zero attached hydrogens (tertiary/aromatic N) is 5. The summed E-state index contributed by atoms with van der Waals surface area (Å²) < 4.78 is 1.77. The third kappa shape index (κ3) is 6.59. The van der Waals surface area contributed by atoms with Crippen molar-refractivity contribution >= 4 is 34.0 Å². The molecule has 2 aromatic heterocycles. The molecule has 2 amide bonds. The molecular weight excluding hydrogens is 342 g/mol. The molecule has 0 aromatic carbocycles. The van der Waals surface area contributed by atoms with Gasteiger partial charge in [-0.3, -0.25) is 14.3 Å². The summed E-state index contributed by atoms with van der Waals surface area (Å²) in [4.78, 5) is 25.8. The van der Waals surface area contributed by atoms with Crippen molar-refractivity contribution in [2.75, 3.05) is 31.3 Å². The zero-order valence-electron chi connectivity index (χ0n) is 14.7. The van der Waals surface area contributed by atoms with Crippen molar-refractivity contribution < 1.29 is 9.59 Å². The van der Waals surface area contributed by atoms with Gasteiger partial charge in [0, 0.05) is 25.6 Å². The van der Waals surface area contributed by atoms with Gasteiger partial charge in [-0.25, -0.2) is 0 Å². The summed E-state index contributed by atoms with van der Waals surface area (Å²) in [6.07, 6.45) is 4.32. The molecule has 2 aromatic rings. The Labute approximate surface area is 150 Å². The van der Waals surface area contributed by atoms with Gasteiger partial charge in [-0.2, -0.15) is 5.10 Å². The zero-order chi connectivity index (χ0) is 18.2. The number of amides is 2. The third-order valence-corrected chi connectivity index (χ3v) is 4.27. The maximum atomic E-state index is 11.9. The highest BCUT2D eigenvalue weighted by Crippen LogP contribution is 2.15. The minimum Gasteiger partial charge on any atom is -0.323 e. The lowest BCUT2D eigenvalue weighted by atomic mass is 10.3. The number of aromatic nitrogens is 4. The van der Waals surface area contributed by atoms with Crippen LogP contribution in [-0.2, 0) is 22.6 Å². The average molecular weight is 365 g/mol. The molecule has 2 N–H and O–H groups in total. The molecular formula is C15H23N7O2S. The van der Waals surface area contributed by atoms with Crippen molar-refractivity contribution in [1.29, 1.82) is 0 Å². The molecule has 2 rings (SSSR count). The quantitative estimate of drug-likeness (QED) is 0.692. The number of aryl methyl sites for hydroxylation is 1. The Morgan fingerprint density at radius 2 is 1.92 bits per heavy atom. The van der Waals surface area contributed by atoms with E-state index in [-0.39, 0.29) is 24.7 Å². The van der Waals surface area contributed by atoms with Gasteiger partial charge in [-0.1, -0.05) is 18.3 Å². The second-order valence-electron chi connectivity index (χ2n) is 5.75. The lowest BCUT2D eigenvalue weighted by molar-refractivity contribution is -0.121. The molecule has 0 bridgehead atoms. The second-order valence-corrected chi connectivity index (χ2v) is 6.81. The van der Waals surface area contributed by atoms with E-state index in [4.69, 9.17) is 0 Å². The van der Waals surface area contributed by atoms with E-state index in [0.29, 0.717) is 10.8 Å². The number of rotatable bonds is 9. The van der Waals surface area contributed by atoms with E-state index in [0.717, 1.165) is 24.5 Å². The van der Waals surface area contributed by atoms with Gasteiger partial charge in [0.1, 0.15) is 5.01 Å². The number of hydrogen-bond acceptors (Lipinski definition) is 7. The average Bonchev–Trinajstić information content (AvgIpc) is 3.20. The molecule has 10 heteroatoms. The standard InChI is InChI=1S/C15H23N7O2S/c1-4-14-19-20-15(25-14)18-13(24)6-5-12(23)17-11-9-16-22(10-11)8-7-21(2)3/h9-10H,4-8H2,1-3H3,(H,17,23)(H,18,20,24). The summed E-state index contributed by atoms with van der Waals surface area (Å²) in [7, 11) is 3.98. The first kappa shape index (κ1) is 19.0. The molecule has 0 aliphatic heterocycles. The molecule has 0 saturated heterocycles. The Morgan fingerprint density at radius 3 is 2.56 bits per heavy atom. The van der Waals surface area contributed by atoms with Crippen LogP contribution < -0.4 is 10.6 Å². The van der Waals surface area contributed by atoms with Crippen molar-refractivity contribution in [3.8, 4) is 0 Å². The van der Waals surface area contributed by atoms with Gasteiger partial charge in [0.2, 0.25) is 16.9 Å². The fraction of sp³-hybridized carbons (Fsp3) is 0.533. The maximum absolute atomic E-state index is 11.9. The predicted octanol–water partition coefficient (Wildman–Crippen LogP) is 1.22. The van der Waals surface area contributed by atoms with Crippen molar-refractivity contribution in [3.05, 3.63) is 17.4 Å². The third-order valence-electron chi connectivity index (χ3n) is 3.29. The molecule has 0 unspecified atom stereocenters. The summed E-state index contributed by atoms with van der Waals surface area (Å²) in [6.45, 7) is 3.58. The fourth-order valence-corrected chi connectivity index (χ4v) is 2.63. The molecule has 9 nitrogen and oxygen atoms in total. The second kappa shape index (κ2) is 9.23.